The number of carbonyl (C=O) groups is 2. The average molecular weight is 410 g/mol. The van der Waals surface area contributed by atoms with E-state index in [1.165, 1.54) is 7.11 Å². The van der Waals surface area contributed by atoms with E-state index in [2.05, 4.69) is 10.3 Å². The van der Waals surface area contributed by atoms with Gasteiger partial charge in [-0.1, -0.05) is 0 Å². The van der Waals surface area contributed by atoms with Crippen LogP contribution in [0.15, 0.2) is 24.4 Å². The number of ether oxygens (including phenoxy) is 2. The monoisotopic (exact) mass is 409 g/mol. The zero-order valence-corrected chi connectivity index (χ0v) is 15.9. The number of benzene rings is 1. The Hall–Kier alpha value is -2.25. The number of halogens is 2. The Morgan fingerprint density at radius 2 is 2.19 bits per heavy atom. The van der Waals surface area contributed by atoms with Crippen molar-refractivity contribution < 1.29 is 19.1 Å². The van der Waals surface area contributed by atoms with Gasteiger partial charge in [0.05, 0.1) is 25.2 Å². The van der Waals surface area contributed by atoms with Crippen LogP contribution in [0.2, 0.25) is 0 Å². The lowest BCUT2D eigenvalue weighted by Gasteiger charge is -2.17. The van der Waals surface area contributed by atoms with Gasteiger partial charge >= 0.3 is 0 Å². The number of aromatic nitrogens is 1. The fraction of sp³-hybridized carbons (Fsp3) is 0.389. The summed E-state index contributed by atoms with van der Waals surface area (Å²) in [5, 5.41) is 4.34. The lowest BCUT2D eigenvalue weighted by atomic mass is 10.1. The van der Waals surface area contributed by atoms with E-state index in [4.69, 9.17) is 38.4 Å². The molecule has 0 radical (unpaired) electrons. The van der Waals surface area contributed by atoms with Crippen molar-refractivity contribution in [3.8, 4) is 11.6 Å². The van der Waals surface area contributed by atoms with E-state index in [1.54, 1.807) is 24.4 Å². The van der Waals surface area contributed by atoms with E-state index < -0.39 is 10.2 Å². The second-order valence-corrected chi connectivity index (χ2v) is 8.13. The van der Waals surface area contributed by atoms with Gasteiger partial charge in [-0.15, -0.1) is 23.2 Å². The molecule has 2 aromatic rings. The summed E-state index contributed by atoms with van der Waals surface area (Å²) in [6, 6.07) is 4.96. The molecule has 1 aliphatic heterocycles. The smallest absolute Gasteiger partial charge is 0.252 e. The van der Waals surface area contributed by atoms with Crippen molar-refractivity contribution in [2.75, 3.05) is 13.7 Å². The molecule has 1 saturated carbocycles. The first-order chi connectivity index (χ1) is 12.8. The minimum Gasteiger partial charge on any atom is -0.496 e. The molecule has 2 heterocycles. The Bertz CT molecular complexity index is 950. The van der Waals surface area contributed by atoms with Crippen molar-refractivity contribution in [3.63, 3.8) is 0 Å². The minimum absolute atomic E-state index is 0.0874. The molecule has 1 saturated heterocycles. The first-order valence-electron chi connectivity index (χ1n) is 8.42. The highest BCUT2D eigenvalue weighted by Gasteiger charge is 2.73. The fourth-order valence-corrected chi connectivity index (χ4v) is 4.64. The van der Waals surface area contributed by atoms with Crippen molar-refractivity contribution in [1.29, 1.82) is 0 Å². The lowest BCUT2D eigenvalue weighted by molar-refractivity contribution is -0.121. The number of rotatable bonds is 6. The third kappa shape index (κ3) is 2.95. The number of nitrogens with zero attached hydrogens (tertiary/aromatic N) is 1. The van der Waals surface area contributed by atoms with E-state index in [0.29, 0.717) is 30.0 Å². The highest BCUT2D eigenvalue weighted by atomic mass is 35.5. The predicted molar refractivity (Wildman–Crippen MR) is 100 cm³/mol. The summed E-state index contributed by atoms with van der Waals surface area (Å²) < 4.78 is 10.1. The van der Waals surface area contributed by atoms with Gasteiger partial charge in [0.2, 0.25) is 11.8 Å². The number of carbonyl (C=O) groups excluding carboxylic acids is 2. The van der Waals surface area contributed by atoms with E-state index in [1.807, 2.05) is 0 Å². The summed E-state index contributed by atoms with van der Waals surface area (Å²) in [7, 11) is 1.46. The van der Waals surface area contributed by atoms with Crippen LogP contribution in [-0.2, 0) is 4.79 Å². The van der Waals surface area contributed by atoms with Gasteiger partial charge in [-0.2, -0.15) is 0 Å². The molecule has 4 rings (SSSR count). The van der Waals surface area contributed by atoms with Gasteiger partial charge < -0.3 is 20.5 Å². The third-order valence-corrected chi connectivity index (χ3v) is 6.11. The van der Waals surface area contributed by atoms with Crippen molar-refractivity contribution in [3.05, 3.63) is 30.0 Å². The number of amides is 2. The van der Waals surface area contributed by atoms with Gasteiger partial charge in [-0.25, -0.2) is 4.98 Å². The second kappa shape index (κ2) is 6.42. The first kappa shape index (κ1) is 18.1. The third-order valence-electron chi connectivity index (χ3n) is 5.13. The molecular formula is C18H17Cl2N3O4. The normalized spacial score (nSPS) is 25.0. The van der Waals surface area contributed by atoms with Gasteiger partial charge in [-0.3, -0.25) is 9.59 Å². The van der Waals surface area contributed by atoms with Crippen molar-refractivity contribution in [2.24, 2.45) is 17.6 Å². The van der Waals surface area contributed by atoms with Gasteiger partial charge in [0.25, 0.3) is 5.91 Å². The number of pyridine rings is 1. The Labute approximate surface area is 165 Å². The van der Waals surface area contributed by atoms with Crippen molar-refractivity contribution in [2.45, 2.75) is 16.8 Å². The van der Waals surface area contributed by atoms with Crippen LogP contribution < -0.4 is 20.5 Å². The Balaban J connectivity index is 1.51. The molecule has 27 heavy (non-hydrogen) atoms. The maximum absolute atomic E-state index is 11.8. The molecule has 0 unspecified atom stereocenters. The van der Waals surface area contributed by atoms with Crippen LogP contribution >= 0.6 is 23.2 Å². The molecule has 0 bridgehead atoms. The summed E-state index contributed by atoms with van der Waals surface area (Å²) in [6.07, 6.45) is 2.15. The summed E-state index contributed by atoms with van der Waals surface area (Å²) >= 11 is 12.3. The summed E-state index contributed by atoms with van der Waals surface area (Å²) in [5.74, 6) is -0.349. The van der Waals surface area contributed by atoms with Crippen LogP contribution in [0.25, 0.3) is 10.8 Å². The van der Waals surface area contributed by atoms with Gasteiger partial charge in [-0.05, 0) is 23.6 Å². The molecule has 2 aliphatic rings. The summed E-state index contributed by atoms with van der Waals surface area (Å²) in [4.78, 5) is 27.7. The lowest BCUT2D eigenvalue weighted by Crippen LogP contribution is -2.35. The van der Waals surface area contributed by atoms with Crippen LogP contribution in [0, 0.1) is 11.8 Å². The molecule has 2 amide bonds. The fourth-order valence-electron chi connectivity index (χ4n) is 3.74. The van der Waals surface area contributed by atoms with E-state index in [-0.39, 0.29) is 29.3 Å². The van der Waals surface area contributed by atoms with Crippen LogP contribution in [0.3, 0.4) is 0 Å². The number of alkyl halides is 2. The maximum Gasteiger partial charge on any atom is 0.252 e. The van der Waals surface area contributed by atoms with Crippen LogP contribution in [0.1, 0.15) is 16.8 Å². The predicted octanol–water partition coefficient (Wildman–Crippen LogP) is 2.03. The molecule has 1 aliphatic carbocycles. The molecule has 142 valence electrons. The number of hydrogen-bond donors (Lipinski definition) is 2. The van der Waals surface area contributed by atoms with Gasteiger partial charge in [0.15, 0.2) is 0 Å². The van der Waals surface area contributed by atoms with Crippen molar-refractivity contribution >= 4 is 45.8 Å². The number of nitrogens with two attached hydrogens (primary N) is 1. The average Bonchev–Trinajstić information content (AvgIpc) is 3.02. The minimum atomic E-state index is -0.969. The number of piperidine rings is 1. The number of hydrogen-bond acceptors (Lipinski definition) is 5. The Kier molecular flexibility index (Phi) is 4.31. The molecule has 0 spiro atoms. The molecule has 1 aromatic heterocycles. The molecule has 3 N–H and O–H groups in total. The number of nitrogens with one attached hydrogen (secondary N) is 1. The number of methoxy groups -OCH3 is 1. The van der Waals surface area contributed by atoms with Crippen LogP contribution in [-0.4, -0.2) is 40.9 Å². The molecule has 7 nitrogen and oxygen atoms in total. The van der Waals surface area contributed by atoms with Crippen LogP contribution in [0.4, 0.5) is 0 Å². The highest BCUT2D eigenvalue weighted by molar-refractivity contribution is 6.53. The highest BCUT2D eigenvalue weighted by Crippen LogP contribution is 2.63. The molecule has 2 fully saturated rings. The van der Waals surface area contributed by atoms with Crippen LogP contribution in [0.5, 0.6) is 11.6 Å². The summed E-state index contributed by atoms with van der Waals surface area (Å²) in [5.41, 5.74) is 5.69. The van der Waals surface area contributed by atoms with E-state index in [0.717, 1.165) is 5.39 Å². The topological polar surface area (TPSA) is 104 Å². The standard InChI is InChI=1S/C18H17Cl2N3O4/c1-26-12-7-9-8(6-10(12)15(21)24)2-4-22-17(9)27-5-3-11-13-14(16(25)23-11)18(13,19)20/h2,4,6-7,11,13-14H,3,5H2,1H3,(H2,21,24)(H,23,25)/t11-,13-,14-/m1/s1. The maximum atomic E-state index is 11.8. The van der Waals surface area contributed by atoms with Gasteiger partial charge in [0.1, 0.15) is 10.1 Å². The van der Waals surface area contributed by atoms with E-state index in [9.17, 15) is 9.59 Å². The quantitative estimate of drug-likeness (QED) is 0.710. The first-order valence-corrected chi connectivity index (χ1v) is 9.17. The van der Waals surface area contributed by atoms with Gasteiger partial charge in [0, 0.05) is 30.0 Å². The number of fused-ring (bicyclic) bond motifs is 2. The Morgan fingerprint density at radius 1 is 1.41 bits per heavy atom. The zero-order valence-electron chi connectivity index (χ0n) is 14.4. The molecule has 3 atom stereocenters. The largest absolute Gasteiger partial charge is 0.496 e. The zero-order chi connectivity index (χ0) is 19.3. The molecular weight excluding hydrogens is 393 g/mol. The van der Waals surface area contributed by atoms with E-state index >= 15 is 0 Å². The SMILES string of the molecule is COc1cc2c(OCC[C@H]3NC(=O)[C@H]4[C@@H]3C4(Cl)Cl)nccc2cc1C(N)=O. The second-order valence-electron chi connectivity index (χ2n) is 6.68. The summed E-state index contributed by atoms with van der Waals surface area (Å²) in [6.45, 7) is 0.323. The Morgan fingerprint density at radius 3 is 2.81 bits per heavy atom. The molecule has 9 heteroatoms. The van der Waals surface area contributed by atoms with Crippen molar-refractivity contribution in [1.82, 2.24) is 10.3 Å². The molecule has 1 aromatic carbocycles. The number of primary amides is 1.